The number of nitriles is 1. The van der Waals surface area contributed by atoms with Gasteiger partial charge in [0.1, 0.15) is 29.0 Å². The number of hydrogen-bond acceptors (Lipinski definition) is 3. The Morgan fingerprint density at radius 1 is 1.12 bits per heavy atom. The minimum Gasteiger partial charge on any atom is -0.457 e. The molecule has 0 saturated heterocycles. The van der Waals surface area contributed by atoms with Crippen molar-refractivity contribution < 1.29 is 13.6 Å². The van der Waals surface area contributed by atoms with Crippen molar-refractivity contribution in [2.75, 3.05) is 5.32 Å². The van der Waals surface area contributed by atoms with Gasteiger partial charge in [-0.1, -0.05) is 23.7 Å². The zero-order valence-corrected chi connectivity index (χ0v) is 14.1. The van der Waals surface area contributed by atoms with Crippen molar-refractivity contribution in [1.82, 2.24) is 0 Å². The summed E-state index contributed by atoms with van der Waals surface area (Å²) >= 11 is 5.79. The molecule has 1 aromatic heterocycles. The fourth-order valence-electron chi connectivity index (χ4n) is 2.26. The molecule has 0 aliphatic carbocycles. The number of nitrogens with zero attached hydrogens (tertiary/aromatic N) is 1. The van der Waals surface area contributed by atoms with E-state index >= 15 is 0 Å². The number of halogens is 2. The molecule has 0 saturated carbocycles. The Morgan fingerprint density at radius 3 is 2.54 bits per heavy atom. The summed E-state index contributed by atoms with van der Waals surface area (Å²) in [6.07, 6.45) is 1.30. The third-order valence-electron chi connectivity index (χ3n) is 3.52. The Hall–Kier alpha value is -3.36. The van der Waals surface area contributed by atoms with Gasteiger partial charge in [0.2, 0.25) is 0 Å². The quantitative estimate of drug-likeness (QED) is 0.504. The number of hydrogen-bond donors (Lipinski definition) is 1. The molecule has 1 N–H and O–H groups in total. The number of furan rings is 1. The molecular weight excluding hydrogens is 355 g/mol. The Morgan fingerprint density at radius 2 is 1.85 bits per heavy atom. The molecule has 6 heteroatoms. The highest BCUT2D eigenvalue weighted by Gasteiger charge is 2.12. The maximum Gasteiger partial charge on any atom is 0.266 e. The highest BCUT2D eigenvalue weighted by molar-refractivity contribution is 6.30. The number of nitrogens with one attached hydrogen (secondary N) is 1. The monoisotopic (exact) mass is 366 g/mol. The fraction of sp³-hybridized carbons (Fsp3) is 0. The molecule has 0 fully saturated rings. The summed E-state index contributed by atoms with van der Waals surface area (Å²) in [5, 5.41) is 12.4. The Labute approximate surface area is 154 Å². The van der Waals surface area contributed by atoms with E-state index in [1.807, 2.05) is 6.07 Å². The lowest BCUT2D eigenvalue weighted by Gasteiger charge is -2.03. The van der Waals surface area contributed by atoms with E-state index in [2.05, 4.69) is 5.32 Å². The van der Waals surface area contributed by atoms with E-state index in [4.69, 9.17) is 16.0 Å². The van der Waals surface area contributed by atoms with Gasteiger partial charge in [-0.3, -0.25) is 4.79 Å². The van der Waals surface area contributed by atoms with Crippen LogP contribution < -0.4 is 5.32 Å². The predicted octanol–water partition coefficient (Wildman–Crippen LogP) is 5.28. The zero-order chi connectivity index (χ0) is 18.5. The van der Waals surface area contributed by atoms with Crippen LogP contribution in [0.15, 0.2) is 70.7 Å². The first kappa shape index (κ1) is 17.5. The summed E-state index contributed by atoms with van der Waals surface area (Å²) in [5.74, 6) is -0.423. The lowest BCUT2D eigenvalue weighted by molar-refractivity contribution is -0.112. The van der Waals surface area contributed by atoms with E-state index in [1.165, 1.54) is 12.1 Å². The zero-order valence-electron chi connectivity index (χ0n) is 13.4. The molecule has 3 rings (SSSR count). The van der Waals surface area contributed by atoms with Gasteiger partial charge in [0.15, 0.2) is 0 Å². The molecule has 1 amide bonds. The second-order valence-electron chi connectivity index (χ2n) is 5.31. The van der Waals surface area contributed by atoms with E-state index in [0.717, 1.165) is 0 Å². The minimum absolute atomic E-state index is 0.144. The molecule has 4 nitrogen and oxygen atoms in total. The molecule has 0 atom stereocenters. The second kappa shape index (κ2) is 7.68. The summed E-state index contributed by atoms with van der Waals surface area (Å²) in [6.45, 7) is 0. The number of carbonyl (C=O) groups is 1. The van der Waals surface area contributed by atoms with Gasteiger partial charge in [-0.05, 0) is 48.5 Å². The Balaban J connectivity index is 1.81. The first-order valence-corrected chi connectivity index (χ1v) is 7.98. The highest BCUT2D eigenvalue weighted by Crippen LogP contribution is 2.26. The third kappa shape index (κ3) is 4.00. The summed E-state index contributed by atoms with van der Waals surface area (Å²) in [6, 6.07) is 17.7. The van der Waals surface area contributed by atoms with Crippen molar-refractivity contribution >= 4 is 29.3 Å². The van der Waals surface area contributed by atoms with Gasteiger partial charge in [0, 0.05) is 16.8 Å². The molecule has 3 aromatic rings. The largest absolute Gasteiger partial charge is 0.457 e. The van der Waals surface area contributed by atoms with Gasteiger partial charge in [0.05, 0.1) is 5.56 Å². The molecule has 0 aliphatic rings. The Bertz CT molecular complexity index is 1020. The first-order valence-electron chi connectivity index (χ1n) is 7.60. The van der Waals surface area contributed by atoms with Crippen LogP contribution in [0.25, 0.3) is 17.4 Å². The van der Waals surface area contributed by atoms with Gasteiger partial charge in [-0.2, -0.15) is 5.26 Å². The van der Waals surface area contributed by atoms with Crippen molar-refractivity contribution in [3.05, 3.63) is 82.8 Å². The van der Waals surface area contributed by atoms with Gasteiger partial charge in [-0.15, -0.1) is 0 Å². The van der Waals surface area contributed by atoms with Gasteiger partial charge in [-0.25, -0.2) is 4.39 Å². The second-order valence-corrected chi connectivity index (χ2v) is 5.75. The normalized spacial score (nSPS) is 11.0. The van der Waals surface area contributed by atoms with Crippen LogP contribution in [0.5, 0.6) is 0 Å². The van der Waals surface area contributed by atoms with Crippen molar-refractivity contribution in [2.24, 2.45) is 0 Å². The van der Waals surface area contributed by atoms with Crippen LogP contribution >= 0.6 is 11.6 Å². The number of carbonyl (C=O) groups excluding carboxylic acids is 1. The average Bonchev–Trinajstić information content (AvgIpc) is 3.10. The lowest BCUT2D eigenvalue weighted by atomic mass is 10.1. The van der Waals surface area contributed by atoms with Crippen LogP contribution in [-0.2, 0) is 4.79 Å². The molecule has 0 spiro atoms. The molecular formula is C20H12ClFN2O2. The molecule has 0 unspecified atom stereocenters. The number of benzene rings is 2. The van der Waals surface area contributed by atoms with Crippen LogP contribution in [0.4, 0.5) is 10.1 Å². The van der Waals surface area contributed by atoms with E-state index in [-0.39, 0.29) is 11.3 Å². The maximum atomic E-state index is 13.8. The van der Waals surface area contributed by atoms with E-state index in [1.54, 1.807) is 54.6 Å². The van der Waals surface area contributed by atoms with E-state index < -0.39 is 11.7 Å². The number of anilines is 1. The molecule has 0 bridgehead atoms. The van der Waals surface area contributed by atoms with Crippen molar-refractivity contribution in [2.45, 2.75) is 0 Å². The maximum absolute atomic E-state index is 13.8. The van der Waals surface area contributed by atoms with Gasteiger partial charge < -0.3 is 9.73 Å². The molecule has 128 valence electrons. The van der Waals surface area contributed by atoms with Crippen LogP contribution in [0.1, 0.15) is 5.76 Å². The molecule has 0 radical (unpaired) electrons. The van der Waals surface area contributed by atoms with Crippen LogP contribution in [0.2, 0.25) is 5.02 Å². The van der Waals surface area contributed by atoms with Crippen LogP contribution in [0, 0.1) is 17.1 Å². The molecule has 2 aromatic carbocycles. The standard InChI is InChI=1S/C20H12ClFN2O2/c21-14-5-7-15(8-6-14)24-20(25)13(12-23)11-16-9-10-19(26-16)17-3-1-2-4-18(17)22/h1-11H,(H,24,25)/b13-11+. The summed E-state index contributed by atoms with van der Waals surface area (Å²) in [7, 11) is 0. The smallest absolute Gasteiger partial charge is 0.266 e. The first-order chi connectivity index (χ1) is 12.6. The van der Waals surface area contributed by atoms with E-state index in [0.29, 0.717) is 22.0 Å². The molecule has 0 aliphatic heterocycles. The molecule has 26 heavy (non-hydrogen) atoms. The predicted molar refractivity (Wildman–Crippen MR) is 97.8 cm³/mol. The summed E-state index contributed by atoms with van der Waals surface area (Å²) < 4.78 is 19.3. The van der Waals surface area contributed by atoms with Crippen molar-refractivity contribution in [1.29, 1.82) is 5.26 Å². The summed E-state index contributed by atoms with van der Waals surface area (Å²) in [4.78, 5) is 12.2. The van der Waals surface area contributed by atoms with Gasteiger partial charge in [0.25, 0.3) is 5.91 Å². The Kier molecular flexibility index (Phi) is 5.16. The minimum atomic E-state index is -0.585. The van der Waals surface area contributed by atoms with E-state index in [9.17, 15) is 14.4 Å². The number of amides is 1. The summed E-state index contributed by atoms with van der Waals surface area (Å²) in [5.41, 5.74) is 0.665. The third-order valence-corrected chi connectivity index (χ3v) is 3.77. The average molecular weight is 367 g/mol. The fourth-order valence-corrected chi connectivity index (χ4v) is 2.38. The van der Waals surface area contributed by atoms with Gasteiger partial charge >= 0.3 is 0 Å². The lowest BCUT2D eigenvalue weighted by Crippen LogP contribution is -2.13. The van der Waals surface area contributed by atoms with Crippen LogP contribution in [0.3, 0.4) is 0 Å². The molecule has 1 heterocycles. The van der Waals surface area contributed by atoms with Crippen LogP contribution in [-0.4, -0.2) is 5.91 Å². The highest BCUT2D eigenvalue weighted by atomic mass is 35.5. The van der Waals surface area contributed by atoms with Crippen molar-refractivity contribution in [3.63, 3.8) is 0 Å². The van der Waals surface area contributed by atoms with Crippen molar-refractivity contribution in [3.8, 4) is 17.4 Å². The SMILES string of the molecule is N#C/C(=C\c1ccc(-c2ccccc2F)o1)C(=O)Nc1ccc(Cl)cc1. The topological polar surface area (TPSA) is 66.0 Å². The number of rotatable bonds is 4.